The summed E-state index contributed by atoms with van der Waals surface area (Å²) in [4.78, 5) is 0. The van der Waals surface area contributed by atoms with Crippen molar-refractivity contribution >= 4 is 5.70 Å². The summed E-state index contributed by atoms with van der Waals surface area (Å²) < 4.78 is 0. The molecule has 0 aromatic heterocycles. The molecule has 0 saturated heterocycles. The van der Waals surface area contributed by atoms with E-state index < -0.39 is 0 Å². The predicted octanol–water partition coefficient (Wildman–Crippen LogP) is 3.77. The Morgan fingerprint density at radius 2 is 2.06 bits per heavy atom. The Hall–Kier alpha value is -1.24. The van der Waals surface area contributed by atoms with E-state index in [4.69, 9.17) is 5.73 Å². The second kappa shape index (κ2) is 5.74. The van der Waals surface area contributed by atoms with Gasteiger partial charge in [-0.1, -0.05) is 39.5 Å². The third-order valence-corrected chi connectivity index (χ3v) is 2.91. The molecule has 0 radical (unpaired) electrons. The highest BCUT2D eigenvalue weighted by atomic mass is 14.6. The molecule has 1 nitrogen and oxygen atoms in total. The zero-order chi connectivity index (χ0) is 12.1. The van der Waals surface area contributed by atoms with E-state index in [0.717, 1.165) is 24.3 Å². The van der Waals surface area contributed by atoms with Crippen LogP contribution in [-0.4, -0.2) is 0 Å². The highest BCUT2D eigenvalue weighted by Gasteiger charge is 2.04. The Morgan fingerprint density at radius 3 is 2.56 bits per heavy atom. The van der Waals surface area contributed by atoms with Crippen LogP contribution in [0.1, 0.15) is 43.9 Å². The van der Waals surface area contributed by atoms with Gasteiger partial charge in [-0.15, -0.1) is 0 Å². The van der Waals surface area contributed by atoms with E-state index in [1.807, 2.05) is 0 Å². The van der Waals surface area contributed by atoms with Crippen LogP contribution in [0, 0.1) is 5.92 Å². The summed E-state index contributed by atoms with van der Waals surface area (Å²) in [5.41, 5.74) is 10.3. The minimum atomic E-state index is 0.684. The van der Waals surface area contributed by atoms with Crippen molar-refractivity contribution in [2.45, 2.75) is 40.0 Å². The maximum absolute atomic E-state index is 5.82. The Kier molecular flexibility index (Phi) is 4.60. The Labute approximate surface area is 99.4 Å². The third-order valence-electron chi connectivity index (χ3n) is 2.91. The van der Waals surface area contributed by atoms with Crippen LogP contribution in [0.25, 0.3) is 5.70 Å². The molecular weight excluding hydrogens is 194 g/mol. The number of hydrogen-bond acceptors (Lipinski definition) is 1. The Morgan fingerprint density at radius 1 is 1.38 bits per heavy atom. The smallest absolute Gasteiger partial charge is 0.0317 e. The van der Waals surface area contributed by atoms with Crippen molar-refractivity contribution in [3.05, 3.63) is 41.5 Å². The van der Waals surface area contributed by atoms with E-state index in [1.165, 1.54) is 17.5 Å². The molecule has 0 heterocycles. The van der Waals surface area contributed by atoms with E-state index in [9.17, 15) is 0 Å². The number of nitrogens with two attached hydrogens (primary N) is 1. The zero-order valence-electron chi connectivity index (χ0n) is 10.7. The Balaban J connectivity index is 2.89. The first kappa shape index (κ1) is 12.8. The zero-order valence-corrected chi connectivity index (χ0v) is 10.7. The van der Waals surface area contributed by atoms with Gasteiger partial charge in [-0.05, 0) is 42.4 Å². The first-order valence-corrected chi connectivity index (χ1v) is 6.11. The molecule has 0 aliphatic carbocycles. The molecular formula is C15H23N. The van der Waals surface area contributed by atoms with Crippen LogP contribution in [0.4, 0.5) is 0 Å². The quantitative estimate of drug-likeness (QED) is 0.798. The second-order valence-electron chi connectivity index (χ2n) is 4.80. The fourth-order valence-electron chi connectivity index (χ4n) is 1.84. The van der Waals surface area contributed by atoms with Crippen molar-refractivity contribution in [3.8, 4) is 0 Å². The first-order chi connectivity index (χ1) is 7.54. The molecule has 0 fully saturated rings. The van der Waals surface area contributed by atoms with Gasteiger partial charge in [-0.25, -0.2) is 0 Å². The van der Waals surface area contributed by atoms with Gasteiger partial charge in [0.15, 0.2) is 0 Å². The molecule has 0 atom stereocenters. The van der Waals surface area contributed by atoms with Gasteiger partial charge in [0, 0.05) is 11.3 Å². The average Bonchev–Trinajstić information content (AvgIpc) is 2.25. The number of hydrogen-bond donors (Lipinski definition) is 1. The van der Waals surface area contributed by atoms with Gasteiger partial charge in [0.1, 0.15) is 0 Å². The molecule has 1 rings (SSSR count). The van der Waals surface area contributed by atoms with Crippen molar-refractivity contribution in [2.24, 2.45) is 11.7 Å². The van der Waals surface area contributed by atoms with E-state index in [-0.39, 0.29) is 0 Å². The molecule has 0 saturated carbocycles. The maximum atomic E-state index is 5.82. The van der Waals surface area contributed by atoms with Crippen LogP contribution in [0.5, 0.6) is 0 Å². The number of aryl methyl sites for hydroxylation is 2. The molecule has 1 heteroatoms. The van der Waals surface area contributed by atoms with Gasteiger partial charge in [0.25, 0.3) is 0 Å². The van der Waals surface area contributed by atoms with Gasteiger partial charge in [0.05, 0.1) is 0 Å². The van der Waals surface area contributed by atoms with Crippen LogP contribution in [-0.2, 0) is 12.8 Å². The van der Waals surface area contributed by atoms with Crippen molar-refractivity contribution in [2.75, 3.05) is 0 Å². The topological polar surface area (TPSA) is 26.0 Å². The van der Waals surface area contributed by atoms with E-state index in [1.54, 1.807) is 0 Å². The van der Waals surface area contributed by atoms with Gasteiger partial charge in [-0.3, -0.25) is 0 Å². The molecule has 16 heavy (non-hydrogen) atoms. The predicted molar refractivity (Wildman–Crippen MR) is 72.2 cm³/mol. The molecule has 0 unspecified atom stereocenters. The average molecular weight is 217 g/mol. The molecule has 0 aliphatic heterocycles. The lowest BCUT2D eigenvalue weighted by Gasteiger charge is -2.11. The lowest BCUT2D eigenvalue weighted by Crippen LogP contribution is -2.01. The largest absolute Gasteiger partial charge is 0.399 e. The van der Waals surface area contributed by atoms with Gasteiger partial charge in [0.2, 0.25) is 0 Å². The van der Waals surface area contributed by atoms with Crippen molar-refractivity contribution < 1.29 is 0 Å². The number of rotatable bonds is 5. The molecule has 1 aromatic rings. The molecule has 0 amide bonds. The summed E-state index contributed by atoms with van der Waals surface area (Å²) in [6.45, 7) is 10.5. The van der Waals surface area contributed by atoms with Crippen LogP contribution in [0.3, 0.4) is 0 Å². The summed E-state index contributed by atoms with van der Waals surface area (Å²) in [7, 11) is 0. The van der Waals surface area contributed by atoms with Crippen LogP contribution >= 0.6 is 0 Å². The molecule has 0 spiro atoms. The minimum absolute atomic E-state index is 0.684. The van der Waals surface area contributed by atoms with E-state index in [2.05, 4.69) is 45.5 Å². The summed E-state index contributed by atoms with van der Waals surface area (Å²) in [6.07, 6.45) is 3.36. The normalized spacial score (nSPS) is 10.8. The monoisotopic (exact) mass is 217 g/mol. The standard InChI is InChI=1S/C15H23N/c1-5-14-9-8-13(7-6-11(2)3)10-15(14)12(4)16/h8-11H,4-7,16H2,1-3H3. The van der Waals surface area contributed by atoms with Crippen molar-refractivity contribution in [1.29, 1.82) is 0 Å². The van der Waals surface area contributed by atoms with Gasteiger partial charge < -0.3 is 5.73 Å². The lowest BCUT2D eigenvalue weighted by atomic mass is 9.96. The summed E-state index contributed by atoms with van der Waals surface area (Å²) in [5, 5.41) is 0. The SMILES string of the molecule is C=C(N)c1cc(CCC(C)C)ccc1CC. The van der Waals surface area contributed by atoms with Gasteiger partial charge >= 0.3 is 0 Å². The Bertz CT molecular complexity index is 364. The van der Waals surface area contributed by atoms with Crippen molar-refractivity contribution in [1.82, 2.24) is 0 Å². The van der Waals surface area contributed by atoms with Crippen LogP contribution < -0.4 is 5.73 Å². The molecule has 1 aromatic carbocycles. The lowest BCUT2D eigenvalue weighted by molar-refractivity contribution is 0.586. The second-order valence-corrected chi connectivity index (χ2v) is 4.80. The molecule has 0 bridgehead atoms. The highest BCUT2D eigenvalue weighted by Crippen LogP contribution is 2.19. The summed E-state index contributed by atoms with van der Waals surface area (Å²) >= 11 is 0. The fourth-order valence-corrected chi connectivity index (χ4v) is 1.84. The minimum Gasteiger partial charge on any atom is -0.399 e. The van der Waals surface area contributed by atoms with Crippen LogP contribution in [0.2, 0.25) is 0 Å². The van der Waals surface area contributed by atoms with Crippen molar-refractivity contribution in [3.63, 3.8) is 0 Å². The van der Waals surface area contributed by atoms with E-state index in [0.29, 0.717) is 5.70 Å². The number of benzene rings is 1. The summed E-state index contributed by atoms with van der Waals surface area (Å²) in [6, 6.07) is 6.60. The first-order valence-electron chi connectivity index (χ1n) is 6.11. The van der Waals surface area contributed by atoms with E-state index >= 15 is 0 Å². The van der Waals surface area contributed by atoms with Gasteiger partial charge in [-0.2, -0.15) is 0 Å². The third kappa shape index (κ3) is 3.41. The fraction of sp³-hybridized carbons (Fsp3) is 0.467. The summed E-state index contributed by atoms with van der Waals surface area (Å²) in [5.74, 6) is 0.746. The maximum Gasteiger partial charge on any atom is 0.0317 e. The molecule has 88 valence electrons. The van der Waals surface area contributed by atoms with Crippen LogP contribution in [0.15, 0.2) is 24.8 Å². The highest BCUT2D eigenvalue weighted by molar-refractivity contribution is 5.64. The molecule has 2 N–H and O–H groups in total. The molecule has 0 aliphatic rings.